The van der Waals surface area contributed by atoms with Gasteiger partial charge in [0, 0.05) is 32.5 Å². The van der Waals surface area contributed by atoms with Gasteiger partial charge >= 0.3 is 0 Å². The summed E-state index contributed by atoms with van der Waals surface area (Å²) in [5.74, 6) is 2.42. The number of rotatable bonds is 4. The lowest BCUT2D eigenvalue weighted by Crippen LogP contribution is -2.30. The molecule has 1 aromatic rings. The predicted molar refractivity (Wildman–Crippen MR) is 124 cm³/mol. The highest BCUT2D eigenvalue weighted by molar-refractivity contribution is 5.92. The summed E-state index contributed by atoms with van der Waals surface area (Å²) in [6, 6.07) is 1.63. The summed E-state index contributed by atoms with van der Waals surface area (Å²) >= 11 is 0. The predicted octanol–water partition coefficient (Wildman–Crippen LogP) is 2.79. The van der Waals surface area contributed by atoms with Crippen LogP contribution >= 0.6 is 0 Å². The van der Waals surface area contributed by atoms with Crippen molar-refractivity contribution in [2.45, 2.75) is 31.8 Å². The van der Waals surface area contributed by atoms with Gasteiger partial charge in [0.05, 0.1) is 11.4 Å². The number of nitrogens with one attached hydrogen (secondary N) is 2. The van der Waals surface area contributed by atoms with Gasteiger partial charge in [-0.25, -0.2) is 4.79 Å². The van der Waals surface area contributed by atoms with Gasteiger partial charge in [0.15, 0.2) is 5.94 Å². The molecule has 7 nitrogen and oxygen atoms in total. The summed E-state index contributed by atoms with van der Waals surface area (Å²) in [7, 11) is 1.62. The van der Waals surface area contributed by atoms with Crippen molar-refractivity contribution < 1.29 is 9.59 Å². The molecule has 1 fully saturated rings. The Bertz CT molecular complexity index is 1150. The lowest BCUT2D eigenvalue weighted by Gasteiger charge is -2.26. The second-order valence-corrected chi connectivity index (χ2v) is 8.47. The first kappa shape index (κ1) is 20.2. The number of dihydropyridines is 1. The summed E-state index contributed by atoms with van der Waals surface area (Å²) in [6.45, 7) is 1.62. The molecule has 1 unspecified atom stereocenters. The van der Waals surface area contributed by atoms with E-state index in [9.17, 15) is 9.59 Å². The molecule has 4 aliphatic rings. The van der Waals surface area contributed by atoms with Gasteiger partial charge in [0.25, 0.3) is 0 Å². The summed E-state index contributed by atoms with van der Waals surface area (Å²) in [5.41, 5.74) is 6.67. The highest BCUT2D eigenvalue weighted by Crippen LogP contribution is 2.43. The summed E-state index contributed by atoms with van der Waals surface area (Å²) < 4.78 is 0. The Morgan fingerprint density at radius 2 is 2.22 bits per heavy atom. The number of nitrogens with zero attached hydrogens (tertiary/aromatic N) is 3. The number of carbonyl (C=O) groups excluding carboxylic acids is 2. The molecule has 0 radical (unpaired) electrons. The van der Waals surface area contributed by atoms with E-state index in [4.69, 9.17) is 0 Å². The number of aliphatic imine (C=N–C) groups is 1. The van der Waals surface area contributed by atoms with Crippen molar-refractivity contribution in [3.63, 3.8) is 0 Å². The fourth-order valence-electron chi connectivity index (χ4n) is 4.21. The topological polar surface area (TPSA) is 86.7 Å². The van der Waals surface area contributed by atoms with Crippen molar-refractivity contribution in [2.75, 3.05) is 18.9 Å². The normalized spacial score (nSPS) is 23.9. The highest BCUT2D eigenvalue weighted by Gasteiger charge is 2.31. The molecule has 1 atom stereocenters. The van der Waals surface area contributed by atoms with E-state index in [1.54, 1.807) is 13.3 Å². The third-order valence-electron chi connectivity index (χ3n) is 6.19. The summed E-state index contributed by atoms with van der Waals surface area (Å²) in [6.07, 6.45) is 16.9. The molecule has 0 saturated heterocycles. The second-order valence-electron chi connectivity index (χ2n) is 8.47. The number of aromatic nitrogens is 1. The standard InChI is InChI=1S/C25H25N5O2/c1-26-25(32)21-5-4-19(13-28-21)17-6-8-30(9-7-17)14-16-10-23-22(27-12-16)11-20(18-2-3-18)24(15-31)29-23/h4-6,8,10-13,18,21,29H,2-3,7,9,14H2,1H3,(H,26,32). The van der Waals surface area contributed by atoms with Gasteiger partial charge in [-0.15, -0.1) is 0 Å². The minimum Gasteiger partial charge on any atom is -0.373 e. The number of hydrogen-bond acceptors (Lipinski definition) is 6. The van der Waals surface area contributed by atoms with E-state index in [-0.39, 0.29) is 5.91 Å². The van der Waals surface area contributed by atoms with E-state index in [0.29, 0.717) is 11.6 Å². The van der Waals surface area contributed by atoms with Crippen LogP contribution in [0.1, 0.15) is 30.5 Å². The SMILES string of the molecule is CNC(=O)C1C=CC(=C2C=CN(Cc3cnc4c(c3)NC(=C=O)C(C3CC3)=C4)CC2)C=N1. The molecule has 2 N–H and O–H groups in total. The molecule has 0 aromatic carbocycles. The van der Waals surface area contributed by atoms with Crippen LogP contribution in [0.5, 0.6) is 0 Å². The number of likely N-dealkylation sites (N-methyl/N-ethyl adjacent to an activating group) is 1. The Morgan fingerprint density at radius 3 is 2.88 bits per heavy atom. The number of allylic oxidation sites excluding steroid dienone is 4. The zero-order valence-corrected chi connectivity index (χ0v) is 18.0. The zero-order chi connectivity index (χ0) is 22.1. The van der Waals surface area contributed by atoms with Crippen LogP contribution in [0.3, 0.4) is 0 Å². The molecule has 3 aliphatic heterocycles. The lowest BCUT2D eigenvalue weighted by molar-refractivity contribution is -0.120. The molecule has 32 heavy (non-hydrogen) atoms. The number of carbonyl (C=O) groups is 1. The minimum absolute atomic E-state index is 0.102. The van der Waals surface area contributed by atoms with E-state index in [1.165, 1.54) is 5.57 Å². The molecule has 1 aromatic heterocycles. The van der Waals surface area contributed by atoms with Crippen LogP contribution in [0.25, 0.3) is 6.08 Å². The first-order valence-electron chi connectivity index (χ1n) is 11.0. The maximum absolute atomic E-state index is 11.7. The van der Waals surface area contributed by atoms with Gasteiger partial charge in [-0.3, -0.25) is 14.8 Å². The van der Waals surface area contributed by atoms with Crippen molar-refractivity contribution >= 4 is 29.8 Å². The fraction of sp³-hybridized carbons (Fsp3) is 0.320. The first-order chi connectivity index (χ1) is 15.6. The van der Waals surface area contributed by atoms with Crippen LogP contribution in [-0.4, -0.2) is 47.6 Å². The number of amides is 1. The van der Waals surface area contributed by atoms with E-state index >= 15 is 0 Å². The Kier molecular flexibility index (Phi) is 5.33. The third kappa shape index (κ3) is 4.07. The quantitative estimate of drug-likeness (QED) is 0.722. The number of hydrogen-bond donors (Lipinski definition) is 2. The zero-order valence-electron chi connectivity index (χ0n) is 18.0. The van der Waals surface area contributed by atoms with E-state index in [2.05, 4.69) is 49.8 Å². The highest BCUT2D eigenvalue weighted by atomic mass is 16.2. The van der Waals surface area contributed by atoms with Crippen molar-refractivity contribution in [3.8, 4) is 0 Å². The largest absolute Gasteiger partial charge is 0.373 e. The molecular weight excluding hydrogens is 402 g/mol. The maximum atomic E-state index is 11.7. The molecule has 4 heterocycles. The third-order valence-corrected chi connectivity index (χ3v) is 6.19. The molecule has 162 valence electrons. The van der Waals surface area contributed by atoms with E-state index in [1.807, 2.05) is 24.4 Å². The van der Waals surface area contributed by atoms with Crippen LogP contribution in [-0.2, 0) is 16.1 Å². The van der Waals surface area contributed by atoms with Crippen molar-refractivity contribution in [3.05, 3.63) is 70.4 Å². The molecule has 0 bridgehead atoms. The molecule has 5 rings (SSSR count). The van der Waals surface area contributed by atoms with E-state index in [0.717, 1.165) is 60.4 Å². The number of fused-ring (bicyclic) bond motifs is 1. The summed E-state index contributed by atoms with van der Waals surface area (Å²) in [5, 5.41) is 5.85. The fourth-order valence-corrected chi connectivity index (χ4v) is 4.21. The second kappa shape index (κ2) is 8.44. The number of pyridine rings is 1. The molecule has 1 amide bonds. The average Bonchev–Trinajstić information content (AvgIpc) is 3.69. The molecular formula is C25H25N5O2. The molecule has 7 heteroatoms. The lowest BCUT2D eigenvalue weighted by atomic mass is 9.99. The van der Waals surface area contributed by atoms with Crippen LogP contribution in [0, 0.1) is 5.92 Å². The molecule has 0 spiro atoms. The Hall–Kier alpha value is -3.70. The van der Waals surface area contributed by atoms with Gasteiger partial charge in [-0.2, -0.15) is 0 Å². The van der Waals surface area contributed by atoms with Crippen LogP contribution in [0.4, 0.5) is 5.69 Å². The maximum Gasteiger partial charge on any atom is 0.248 e. The Balaban J connectivity index is 1.27. The van der Waals surface area contributed by atoms with Crippen molar-refractivity contribution in [1.82, 2.24) is 15.2 Å². The minimum atomic E-state index is -0.441. The summed E-state index contributed by atoms with van der Waals surface area (Å²) in [4.78, 5) is 34.3. The van der Waals surface area contributed by atoms with Gasteiger partial charge in [-0.05, 0) is 71.9 Å². The van der Waals surface area contributed by atoms with Gasteiger partial charge in [-0.1, -0.05) is 12.2 Å². The monoisotopic (exact) mass is 427 g/mol. The smallest absolute Gasteiger partial charge is 0.248 e. The average molecular weight is 428 g/mol. The van der Waals surface area contributed by atoms with Crippen molar-refractivity contribution in [2.24, 2.45) is 10.9 Å². The molecule has 1 saturated carbocycles. The Morgan fingerprint density at radius 1 is 1.34 bits per heavy atom. The van der Waals surface area contributed by atoms with Gasteiger partial charge < -0.3 is 15.5 Å². The Labute approximate surface area is 187 Å². The van der Waals surface area contributed by atoms with Gasteiger partial charge in [0.2, 0.25) is 5.91 Å². The van der Waals surface area contributed by atoms with Crippen LogP contribution < -0.4 is 10.6 Å². The molecule has 1 aliphatic carbocycles. The first-order valence-corrected chi connectivity index (χ1v) is 11.0. The van der Waals surface area contributed by atoms with Gasteiger partial charge in [0.1, 0.15) is 11.7 Å². The van der Waals surface area contributed by atoms with Crippen LogP contribution in [0.15, 0.2) is 64.1 Å². The van der Waals surface area contributed by atoms with Crippen LogP contribution in [0.2, 0.25) is 0 Å². The van der Waals surface area contributed by atoms with Crippen molar-refractivity contribution in [1.29, 1.82) is 0 Å². The number of anilines is 1. The van der Waals surface area contributed by atoms with E-state index < -0.39 is 6.04 Å².